The number of hydrogen-bond donors (Lipinski definition) is 2. The van der Waals surface area contributed by atoms with Gasteiger partial charge >= 0.3 is 0 Å². The summed E-state index contributed by atoms with van der Waals surface area (Å²) in [6.45, 7) is 0. The predicted molar refractivity (Wildman–Crippen MR) is 96.9 cm³/mol. The van der Waals surface area contributed by atoms with Crippen LogP contribution in [0.3, 0.4) is 0 Å². The molecule has 0 spiro atoms. The van der Waals surface area contributed by atoms with E-state index in [4.69, 9.17) is 0 Å². The first kappa shape index (κ1) is 15.9. The molecule has 1 heterocycles. The van der Waals surface area contributed by atoms with Gasteiger partial charge < -0.3 is 5.11 Å². The Kier molecular flexibility index (Phi) is 4.72. The molecule has 3 aromatic rings. The number of halogens is 1. The molecule has 0 atom stereocenters. The third-order valence-corrected chi connectivity index (χ3v) is 4.01. The molecule has 24 heavy (non-hydrogen) atoms. The molecule has 2 aromatic carbocycles. The zero-order valence-corrected chi connectivity index (χ0v) is 14.0. The Bertz CT molecular complexity index is 939. The zero-order chi connectivity index (χ0) is 16.9. The maximum Gasteiger partial charge on any atom is 0.287 e. The van der Waals surface area contributed by atoms with Crippen LogP contribution in [0.5, 0.6) is 5.75 Å². The van der Waals surface area contributed by atoms with Gasteiger partial charge in [-0.25, -0.2) is 0 Å². The molecule has 7 heteroatoms. The van der Waals surface area contributed by atoms with E-state index in [1.165, 1.54) is 17.1 Å². The van der Waals surface area contributed by atoms with Crippen LogP contribution in [-0.4, -0.2) is 21.1 Å². The van der Waals surface area contributed by atoms with Crippen LogP contribution in [0.2, 0.25) is 0 Å². The lowest BCUT2D eigenvalue weighted by Crippen LogP contribution is -2.22. The van der Waals surface area contributed by atoms with Crippen LogP contribution < -0.4 is 11.0 Å². The van der Waals surface area contributed by atoms with Crippen molar-refractivity contribution >= 4 is 27.8 Å². The van der Waals surface area contributed by atoms with E-state index in [0.717, 1.165) is 0 Å². The van der Waals surface area contributed by atoms with Crippen molar-refractivity contribution in [1.82, 2.24) is 9.78 Å². The SMILES string of the molecule is O=c1c(Br)c(N/N=C\c2ccccc2O)cnn1-c1ccccc1. The van der Waals surface area contributed by atoms with Gasteiger partial charge in [-0.1, -0.05) is 30.3 Å². The number of aromatic hydroxyl groups is 1. The Morgan fingerprint density at radius 2 is 1.83 bits per heavy atom. The molecular weight excluding hydrogens is 372 g/mol. The van der Waals surface area contributed by atoms with Crippen LogP contribution >= 0.6 is 15.9 Å². The van der Waals surface area contributed by atoms with Crippen molar-refractivity contribution in [2.24, 2.45) is 5.10 Å². The molecule has 0 fully saturated rings. The highest BCUT2D eigenvalue weighted by Crippen LogP contribution is 2.18. The standard InChI is InChI=1S/C17H13BrN4O2/c18-16-14(21-19-10-12-6-4-5-9-15(12)23)11-20-22(17(16)24)13-7-2-1-3-8-13/h1-11,21,23H/b19-10-. The third-order valence-electron chi connectivity index (χ3n) is 3.25. The number of hydrogen-bond acceptors (Lipinski definition) is 5. The fourth-order valence-corrected chi connectivity index (χ4v) is 2.39. The van der Waals surface area contributed by atoms with Crippen LogP contribution in [-0.2, 0) is 0 Å². The largest absolute Gasteiger partial charge is 0.507 e. The van der Waals surface area contributed by atoms with Gasteiger partial charge in [0.25, 0.3) is 5.56 Å². The van der Waals surface area contributed by atoms with Gasteiger partial charge in [0.05, 0.1) is 23.8 Å². The predicted octanol–water partition coefficient (Wildman–Crippen LogP) is 3.15. The Morgan fingerprint density at radius 1 is 1.12 bits per heavy atom. The first-order valence-corrected chi connectivity index (χ1v) is 7.86. The van der Waals surface area contributed by atoms with E-state index in [9.17, 15) is 9.90 Å². The van der Waals surface area contributed by atoms with Crippen LogP contribution in [0.15, 0.2) is 75.2 Å². The van der Waals surface area contributed by atoms with E-state index in [1.807, 2.05) is 18.2 Å². The lowest BCUT2D eigenvalue weighted by atomic mass is 10.2. The summed E-state index contributed by atoms with van der Waals surface area (Å²) >= 11 is 3.27. The maximum absolute atomic E-state index is 12.4. The second-order valence-electron chi connectivity index (χ2n) is 4.85. The molecule has 6 nitrogen and oxygen atoms in total. The minimum absolute atomic E-state index is 0.125. The Labute approximate surface area is 146 Å². The number of hydrazone groups is 1. The zero-order valence-electron chi connectivity index (χ0n) is 12.4. The van der Waals surface area contributed by atoms with E-state index >= 15 is 0 Å². The number of rotatable bonds is 4. The molecule has 0 bridgehead atoms. The van der Waals surface area contributed by atoms with Gasteiger partial charge in [0.1, 0.15) is 10.2 Å². The van der Waals surface area contributed by atoms with Gasteiger partial charge in [-0.05, 0) is 40.2 Å². The van der Waals surface area contributed by atoms with E-state index < -0.39 is 0 Å². The Balaban J connectivity index is 1.84. The number of phenols is 1. The first-order chi connectivity index (χ1) is 11.7. The van der Waals surface area contributed by atoms with Crippen molar-refractivity contribution in [3.8, 4) is 11.4 Å². The highest BCUT2D eigenvalue weighted by Gasteiger charge is 2.09. The number of aromatic nitrogens is 2. The van der Waals surface area contributed by atoms with Crippen LogP contribution in [0.1, 0.15) is 5.56 Å². The van der Waals surface area contributed by atoms with Crippen molar-refractivity contribution in [1.29, 1.82) is 0 Å². The third kappa shape index (κ3) is 3.36. The van der Waals surface area contributed by atoms with Crippen LogP contribution in [0.25, 0.3) is 5.69 Å². The lowest BCUT2D eigenvalue weighted by Gasteiger charge is -2.07. The molecule has 0 aliphatic heterocycles. The summed E-state index contributed by atoms with van der Waals surface area (Å²) in [5.41, 5.74) is 4.11. The number of anilines is 1. The van der Waals surface area contributed by atoms with Gasteiger partial charge in [-0.2, -0.15) is 14.9 Å². The number of benzene rings is 2. The molecule has 0 aliphatic rings. The summed E-state index contributed by atoms with van der Waals surface area (Å²) in [6, 6.07) is 15.9. The molecule has 2 N–H and O–H groups in total. The molecule has 0 saturated carbocycles. The van der Waals surface area contributed by atoms with Gasteiger partial charge in [0, 0.05) is 5.56 Å². The lowest BCUT2D eigenvalue weighted by molar-refractivity contribution is 0.474. The number of phenolic OH excluding ortho intramolecular Hbond substituents is 1. The van der Waals surface area contributed by atoms with E-state index in [0.29, 0.717) is 21.4 Å². The summed E-state index contributed by atoms with van der Waals surface area (Å²) in [6.07, 6.45) is 2.96. The van der Waals surface area contributed by atoms with Crippen molar-refractivity contribution < 1.29 is 5.11 Å². The Morgan fingerprint density at radius 3 is 2.58 bits per heavy atom. The molecule has 0 amide bonds. The van der Waals surface area contributed by atoms with Gasteiger partial charge in [-0.15, -0.1) is 0 Å². The topological polar surface area (TPSA) is 79.5 Å². The maximum atomic E-state index is 12.4. The van der Waals surface area contributed by atoms with Crippen molar-refractivity contribution in [3.63, 3.8) is 0 Å². The van der Waals surface area contributed by atoms with Gasteiger partial charge in [0.15, 0.2) is 0 Å². The average molecular weight is 385 g/mol. The van der Waals surface area contributed by atoms with Crippen LogP contribution in [0, 0.1) is 0 Å². The minimum Gasteiger partial charge on any atom is -0.507 e. The van der Waals surface area contributed by atoms with Crippen molar-refractivity contribution in [2.45, 2.75) is 0 Å². The van der Waals surface area contributed by atoms with E-state index in [-0.39, 0.29) is 11.3 Å². The molecule has 0 saturated heterocycles. The van der Waals surface area contributed by atoms with E-state index in [2.05, 4.69) is 31.6 Å². The first-order valence-electron chi connectivity index (χ1n) is 7.07. The monoisotopic (exact) mass is 384 g/mol. The molecule has 0 radical (unpaired) electrons. The summed E-state index contributed by atoms with van der Waals surface area (Å²) in [4.78, 5) is 12.4. The van der Waals surface area contributed by atoms with Gasteiger partial charge in [0.2, 0.25) is 0 Å². The molecule has 1 aromatic heterocycles. The molecule has 0 unspecified atom stereocenters. The smallest absolute Gasteiger partial charge is 0.287 e. The highest BCUT2D eigenvalue weighted by molar-refractivity contribution is 9.10. The summed E-state index contributed by atoms with van der Waals surface area (Å²) in [5, 5.41) is 17.8. The average Bonchev–Trinajstić information content (AvgIpc) is 2.61. The highest BCUT2D eigenvalue weighted by atomic mass is 79.9. The molecular formula is C17H13BrN4O2. The fraction of sp³-hybridized carbons (Fsp3) is 0. The van der Waals surface area contributed by atoms with Crippen molar-refractivity contribution in [3.05, 3.63) is 81.2 Å². The number of para-hydroxylation sites is 2. The van der Waals surface area contributed by atoms with E-state index in [1.54, 1.807) is 36.4 Å². The molecule has 0 aliphatic carbocycles. The summed E-state index contributed by atoms with van der Waals surface area (Å²) < 4.78 is 1.61. The summed E-state index contributed by atoms with van der Waals surface area (Å²) in [5.74, 6) is 0.125. The second-order valence-corrected chi connectivity index (χ2v) is 5.65. The van der Waals surface area contributed by atoms with Crippen LogP contribution in [0.4, 0.5) is 5.69 Å². The quantitative estimate of drug-likeness (QED) is 0.534. The number of nitrogens with zero attached hydrogens (tertiary/aromatic N) is 3. The molecule has 3 rings (SSSR count). The minimum atomic E-state index is -0.302. The number of nitrogens with one attached hydrogen (secondary N) is 1. The normalized spacial score (nSPS) is 10.9. The van der Waals surface area contributed by atoms with Gasteiger partial charge in [-0.3, -0.25) is 10.2 Å². The summed E-state index contributed by atoms with van der Waals surface area (Å²) in [7, 11) is 0. The second kappa shape index (κ2) is 7.10. The fourth-order valence-electron chi connectivity index (χ4n) is 2.03. The molecule has 120 valence electrons. The van der Waals surface area contributed by atoms with Crippen molar-refractivity contribution in [2.75, 3.05) is 5.43 Å². The Hall–Kier alpha value is -2.93.